The summed E-state index contributed by atoms with van der Waals surface area (Å²) in [7, 11) is 2.15. The Hall–Kier alpha value is -0.380. The second-order valence-electron chi connectivity index (χ2n) is 3.79. The molecule has 0 atom stereocenters. The van der Waals surface area contributed by atoms with Crippen LogP contribution < -0.4 is 5.73 Å². The van der Waals surface area contributed by atoms with Crippen LogP contribution in [-0.2, 0) is 6.42 Å². The Bertz CT molecular complexity index is 289. The van der Waals surface area contributed by atoms with Crippen molar-refractivity contribution in [1.82, 2.24) is 4.90 Å². The van der Waals surface area contributed by atoms with Crippen molar-refractivity contribution in [1.29, 1.82) is 0 Å². The van der Waals surface area contributed by atoms with Gasteiger partial charge in [-0.2, -0.15) is 0 Å². The lowest BCUT2D eigenvalue weighted by Crippen LogP contribution is -2.24. The fraction of sp³-hybridized carbons (Fsp3) is 0.500. The summed E-state index contributed by atoms with van der Waals surface area (Å²) in [5.41, 5.74) is 6.85. The number of nitrogens with two attached hydrogens (primary N) is 1. The average Bonchev–Trinajstić information content (AvgIpc) is 2.25. The molecule has 1 aromatic rings. The minimum Gasteiger partial charge on any atom is -0.330 e. The first kappa shape index (κ1) is 12.7. The Labute approximate surface area is 101 Å². The lowest BCUT2D eigenvalue weighted by Gasteiger charge is -2.16. The Kier molecular flexibility index (Phi) is 5.91. The van der Waals surface area contributed by atoms with E-state index >= 15 is 0 Å². The molecular formula is C12H19BrN2. The molecule has 0 saturated heterocycles. The Morgan fingerprint density at radius 1 is 1.27 bits per heavy atom. The van der Waals surface area contributed by atoms with Gasteiger partial charge in [0.25, 0.3) is 0 Å². The monoisotopic (exact) mass is 270 g/mol. The van der Waals surface area contributed by atoms with E-state index in [0.717, 1.165) is 32.5 Å². The molecule has 0 aliphatic rings. The molecule has 0 unspecified atom stereocenters. The zero-order valence-corrected chi connectivity index (χ0v) is 10.8. The van der Waals surface area contributed by atoms with Crippen LogP contribution in [0.2, 0.25) is 0 Å². The molecule has 2 N–H and O–H groups in total. The number of nitrogens with zero attached hydrogens (tertiary/aromatic N) is 1. The third kappa shape index (κ3) is 4.78. The molecule has 1 rings (SSSR count). The second-order valence-corrected chi connectivity index (χ2v) is 4.64. The van der Waals surface area contributed by atoms with Crippen molar-refractivity contribution in [2.75, 3.05) is 26.7 Å². The SMILES string of the molecule is CN(CCCN)CCc1ccccc1Br. The van der Waals surface area contributed by atoms with Gasteiger partial charge in [0, 0.05) is 11.0 Å². The first-order valence-corrected chi connectivity index (χ1v) is 6.15. The van der Waals surface area contributed by atoms with Gasteiger partial charge in [-0.1, -0.05) is 34.1 Å². The van der Waals surface area contributed by atoms with Gasteiger partial charge in [0.2, 0.25) is 0 Å². The van der Waals surface area contributed by atoms with Crippen molar-refractivity contribution in [2.45, 2.75) is 12.8 Å². The quantitative estimate of drug-likeness (QED) is 0.860. The summed E-state index contributed by atoms with van der Waals surface area (Å²) in [4.78, 5) is 2.33. The molecule has 0 aliphatic heterocycles. The number of rotatable bonds is 6. The van der Waals surface area contributed by atoms with Gasteiger partial charge in [-0.3, -0.25) is 0 Å². The van der Waals surface area contributed by atoms with Crippen LogP contribution in [0.3, 0.4) is 0 Å². The van der Waals surface area contributed by atoms with Gasteiger partial charge in [0.05, 0.1) is 0 Å². The normalized spacial score (nSPS) is 10.9. The fourth-order valence-electron chi connectivity index (χ4n) is 1.49. The molecule has 3 heteroatoms. The summed E-state index contributed by atoms with van der Waals surface area (Å²) in [6, 6.07) is 8.39. The van der Waals surface area contributed by atoms with Crippen LogP contribution in [0.1, 0.15) is 12.0 Å². The number of hydrogen-bond acceptors (Lipinski definition) is 2. The van der Waals surface area contributed by atoms with Crippen LogP contribution in [0.15, 0.2) is 28.7 Å². The van der Waals surface area contributed by atoms with E-state index in [2.05, 4.69) is 46.1 Å². The van der Waals surface area contributed by atoms with E-state index in [1.165, 1.54) is 10.0 Å². The van der Waals surface area contributed by atoms with Gasteiger partial charge < -0.3 is 10.6 Å². The third-order valence-electron chi connectivity index (χ3n) is 2.46. The largest absolute Gasteiger partial charge is 0.330 e. The molecule has 0 saturated carbocycles. The van der Waals surface area contributed by atoms with Crippen molar-refractivity contribution < 1.29 is 0 Å². The van der Waals surface area contributed by atoms with Gasteiger partial charge in [-0.15, -0.1) is 0 Å². The maximum atomic E-state index is 5.47. The van der Waals surface area contributed by atoms with E-state index in [4.69, 9.17) is 5.73 Å². The van der Waals surface area contributed by atoms with Gasteiger partial charge in [-0.25, -0.2) is 0 Å². The van der Waals surface area contributed by atoms with E-state index < -0.39 is 0 Å². The van der Waals surface area contributed by atoms with Crippen molar-refractivity contribution in [3.8, 4) is 0 Å². The molecule has 0 amide bonds. The molecule has 0 fully saturated rings. The lowest BCUT2D eigenvalue weighted by atomic mass is 10.1. The van der Waals surface area contributed by atoms with Crippen molar-refractivity contribution in [3.05, 3.63) is 34.3 Å². The molecular weight excluding hydrogens is 252 g/mol. The summed E-state index contributed by atoms with van der Waals surface area (Å²) in [5.74, 6) is 0. The van der Waals surface area contributed by atoms with Crippen LogP contribution in [0.25, 0.3) is 0 Å². The highest BCUT2D eigenvalue weighted by atomic mass is 79.9. The average molecular weight is 271 g/mol. The molecule has 0 aromatic heterocycles. The van der Waals surface area contributed by atoms with Crippen LogP contribution in [0.4, 0.5) is 0 Å². The summed E-state index contributed by atoms with van der Waals surface area (Å²) >= 11 is 3.56. The maximum absolute atomic E-state index is 5.47. The Balaban J connectivity index is 2.33. The molecule has 1 aromatic carbocycles. The van der Waals surface area contributed by atoms with Gasteiger partial charge in [0.15, 0.2) is 0 Å². The van der Waals surface area contributed by atoms with Gasteiger partial charge in [0.1, 0.15) is 0 Å². The number of halogens is 1. The molecule has 84 valence electrons. The molecule has 0 spiro atoms. The molecule has 2 nitrogen and oxygen atoms in total. The molecule has 0 bridgehead atoms. The van der Waals surface area contributed by atoms with Gasteiger partial charge in [-0.05, 0) is 44.6 Å². The summed E-state index contributed by atoms with van der Waals surface area (Å²) in [6.45, 7) is 2.95. The highest BCUT2D eigenvalue weighted by Crippen LogP contribution is 2.16. The van der Waals surface area contributed by atoms with E-state index in [0.29, 0.717) is 0 Å². The Morgan fingerprint density at radius 3 is 2.67 bits per heavy atom. The highest BCUT2D eigenvalue weighted by molar-refractivity contribution is 9.10. The molecule has 15 heavy (non-hydrogen) atoms. The number of hydrogen-bond donors (Lipinski definition) is 1. The topological polar surface area (TPSA) is 29.3 Å². The van der Waals surface area contributed by atoms with E-state index in [1.54, 1.807) is 0 Å². The Morgan fingerprint density at radius 2 is 2.00 bits per heavy atom. The predicted octanol–water partition coefficient (Wildman–Crippen LogP) is 2.27. The standard InChI is InChI=1S/C12H19BrN2/c1-15(9-4-8-14)10-7-11-5-2-3-6-12(11)13/h2-3,5-6H,4,7-10,14H2,1H3. The molecule has 0 aliphatic carbocycles. The predicted molar refractivity (Wildman–Crippen MR) is 69.0 cm³/mol. The third-order valence-corrected chi connectivity index (χ3v) is 3.24. The van der Waals surface area contributed by atoms with Crippen LogP contribution in [-0.4, -0.2) is 31.6 Å². The van der Waals surface area contributed by atoms with Gasteiger partial charge >= 0.3 is 0 Å². The zero-order valence-electron chi connectivity index (χ0n) is 9.25. The zero-order chi connectivity index (χ0) is 11.1. The maximum Gasteiger partial charge on any atom is 0.0207 e. The first-order chi connectivity index (χ1) is 7.24. The molecule has 0 radical (unpaired) electrons. The van der Waals surface area contributed by atoms with Crippen LogP contribution in [0.5, 0.6) is 0 Å². The van der Waals surface area contributed by atoms with E-state index in [9.17, 15) is 0 Å². The second kappa shape index (κ2) is 6.99. The summed E-state index contributed by atoms with van der Waals surface area (Å²) in [6.07, 6.45) is 2.16. The first-order valence-electron chi connectivity index (χ1n) is 5.36. The van der Waals surface area contributed by atoms with Crippen LogP contribution in [0, 0.1) is 0 Å². The van der Waals surface area contributed by atoms with Crippen molar-refractivity contribution in [3.63, 3.8) is 0 Å². The van der Waals surface area contributed by atoms with Crippen LogP contribution >= 0.6 is 15.9 Å². The summed E-state index contributed by atoms with van der Waals surface area (Å²) in [5, 5.41) is 0. The smallest absolute Gasteiger partial charge is 0.0207 e. The van der Waals surface area contributed by atoms with E-state index in [-0.39, 0.29) is 0 Å². The highest BCUT2D eigenvalue weighted by Gasteiger charge is 2.01. The van der Waals surface area contributed by atoms with Crippen molar-refractivity contribution >= 4 is 15.9 Å². The number of benzene rings is 1. The lowest BCUT2D eigenvalue weighted by molar-refractivity contribution is 0.335. The summed E-state index contributed by atoms with van der Waals surface area (Å²) < 4.78 is 1.21. The number of likely N-dealkylation sites (N-methyl/N-ethyl adjacent to an activating group) is 1. The minimum atomic E-state index is 0.777. The fourth-order valence-corrected chi connectivity index (χ4v) is 1.97. The van der Waals surface area contributed by atoms with Crippen molar-refractivity contribution in [2.24, 2.45) is 5.73 Å². The minimum absolute atomic E-state index is 0.777. The van der Waals surface area contributed by atoms with E-state index in [1.807, 2.05) is 6.07 Å². The molecule has 0 heterocycles.